The lowest BCUT2D eigenvalue weighted by atomic mass is 10.2. The highest BCUT2D eigenvalue weighted by molar-refractivity contribution is 4.84. The van der Waals surface area contributed by atoms with Crippen LogP contribution >= 0.6 is 0 Å². The highest BCUT2D eigenvalue weighted by atomic mass is 16.5. The summed E-state index contributed by atoms with van der Waals surface area (Å²) in [4.78, 5) is 2.61. The van der Waals surface area contributed by atoms with Crippen LogP contribution in [0.5, 0.6) is 0 Å². The van der Waals surface area contributed by atoms with Crippen LogP contribution in [0.25, 0.3) is 0 Å². The first-order valence-corrected chi connectivity index (χ1v) is 7.51. The third kappa shape index (κ3) is 3.21. The first-order valence-electron chi connectivity index (χ1n) is 7.51. The molecular formula is C14H26N2O. The Balaban J connectivity index is 1.29. The quantitative estimate of drug-likeness (QED) is 0.739. The number of ether oxygens (including phenoxy) is 1. The Bertz CT molecular complexity index is 228. The van der Waals surface area contributed by atoms with Gasteiger partial charge in [-0.25, -0.2) is 0 Å². The van der Waals surface area contributed by atoms with Gasteiger partial charge in [-0.2, -0.15) is 0 Å². The Morgan fingerprint density at radius 1 is 1.00 bits per heavy atom. The highest BCUT2D eigenvalue weighted by Crippen LogP contribution is 2.26. The largest absolute Gasteiger partial charge is 0.372 e. The molecule has 1 aliphatic carbocycles. The van der Waals surface area contributed by atoms with Gasteiger partial charge in [0.15, 0.2) is 0 Å². The molecule has 3 aliphatic rings. The average Bonchev–Trinajstić information content (AvgIpc) is 2.95. The van der Waals surface area contributed by atoms with Crippen LogP contribution in [0.1, 0.15) is 44.9 Å². The predicted octanol–water partition coefficient (Wildman–Crippen LogP) is 1.77. The Morgan fingerprint density at radius 2 is 1.71 bits per heavy atom. The Morgan fingerprint density at radius 3 is 2.41 bits per heavy atom. The topological polar surface area (TPSA) is 24.5 Å². The Hall–Kier alpha value is -0.120. The fraction of sp³-hybridized carbons (Fsp3) is 1.00. The van der Waals surface area contributed by atoms with Gasteiger partial charge in [0.25, 0.3) is 0 Å². The standard InChI is InChI=1S/C14H26N2O/c1-2-5-12(4-1)15-8-3-9-16-10-13-6-7-14(11-16)17-13/h12-15H,1-11H2. The van der Waals surface area contributed by atoms with Crippen molar-refractivity contribution < 1.29 is 4.74 Å². The molecule has 17 heavy (non-hydrogen) atoms. The Kier molecular flexibility index (Phi) is 3.99. The van der Waals surface area contributed by atoms with E-state index in [-0.39, 0.29) is 0 Å². The molecule has 3 fully saturated rings. The molecule has 1 N–H and O–H groups in total. The van der Waals surface area contributed by atoms with Gasteiger partial charge >= 0.3 is 0 Å². The van der Waals surface area contributed by atoms with E-state index in [0.717, 1.165) is 6.04 Å². The SMILES string of the molecule is C1CCC(NCCCN2CC3CCC(C2)O3)C1. The van der Waals surface area contributed by atoms with Gasteiger partial charge in [0.2, 0.25) is 0 Å². The first-order chi connectivity index (χ1) is 8.40. The van der Waals surface area contributed by atoms with Crippen molar-refractivity contribution in [2.75, 3.05) is 26.2 Å². The fourth-order valence-corrected chi connectivity index (χ4v) is 3.62. The van der Waals surface area contributed by atoms with Crippen molar-refractivity contribution in [3.05, 3.63) is 0 Å². The van der Waals surface area contributed by atoms with Crippen molar-refractivity contribution in [1.82, 2.24) is 10.2 Å². The second-order valence-electron chi connectivity index (χ2n) is 6.01. The molecule has 2 atom stereocenters. The first kappa shape index (κ1) is 11.9. The van der Waals surface area contributed by atoms with Crippen LogP contribution in [-0.2, 0) is 4.74 Å². The second-order valence-corrected chi connectivity index (χ2v) is 6.01. The van der Waals surface area contributed by atoms with Crippen LogP contribution in [0.2, 0.25) is 0 Å². The molecule has 2 bridgehead atoms. The molecule has 3 nitrogen and oxygen atoms in total. The van der Waals surface area contributed by atoms with Gasteiger partial charge in [-0.05, 0) is 45.2 Å². The molecule has 0 spiro atoms. The second kappa shape index (κ2) is 5.68. The number of likely N-dealkylation sites (tertiary alicyclic amines) is 1. The van der Waals surface area contributed by atoms with E-state index in [1.807, 2.05) is 0 Å². The van der Waals surface area contributed by atoms with Crippen molar-refractivity contribution in [3.63, 3.8) is 0 Å². The van der Waals surface area contributed by atoms with Crippen molar-refractivity contribution in [1.29, 1.82) is 0 Å². The summed E-state index contributed by atoms with van der Waals surface area (Å²) in [7, 11) is 0. The van der Waals surface area contributed by atoms with Gasteiger partial charge in [0.05, 0.1) is 12.2 Å². The van der Waals surface area contributed by atoms with Crippen molar-refractivity contribution in [3.8, 4) is 0 Å². The van der Waals surface area contributed by atoms with Gasteiger partial charge in [0, 0.05) is 19.1 Å². The summed E-state index contributed by atoms with van der Waals surface area (Å²) < 4.78 is 5.86. The molecule has 98 valence electrons. The summed E-state index contributed by atoms with van der Waals surface area (Å²) in [5.41, 5.74) is 0. The minimum Gasteiger partial charge on any atom is -0.372 e. The minimum absolute atomic E-state index is 0.552. The fourth-order valence-electron chi connectivity index (χ4n) is 3.62. The maximum absolute atomic E-state index is 5.86. The summed E-state index contributed by atoms with van der Waals surface area (Å²) >= 11 is 0. The third-order valence-corrected chi connectivity index (χ3v) is 4.56. The molecule has 1 saturated carbocycles. The lowest BCUT2D eigenvalue weighted by molar-refractivity contribution is -0.0383. The zero-order valence-electron chi connectivity index (χ0n) is 10.9. The van der Waals surface area contributed by atoms with E-state index in [1.54, 1.807) is 0 Å². The molecule has 2 aliphatic heterocycles. The maximum Gasteiger partial charge on any atom is 0.0707 e. The van der Waals surface area contributed by atoms with Crippen LogP contribution in [-0.4, -0.2) is 49.3 Å². The summed E-state index contributed by atoms with van der Waals surface area (Å²) in [6.45, 7) is 4.83. The molecule has 0 aromatic heterocycles. The van der Waals surface area contributed by atoms with Gasteiger partial charge in [0.1, 0.15) is 0 Å². The number of morpholine rings is 1. The smallest absolute Gasteiger partial charge is 0.0707 e. The van der Waals surface area contributed by atoms with E-state index < -0.39 is 0 Å². The molecule has 3 rings (SSSR count). The van der Waals surface area contributed by atoms with Gasteiger partial charge in [-0.1, -0.05) is 12.8 Å². The molecule has 2 saturated heterocycles. The van der Waals surface area contributed by atoms with Crippen molar-refractivity contribution in [2.24, 2.45) is 0 Å². The van der Waals surface area contributed by atoms with E-state index in [4.69, 9.17) is 4.74 Å². The van der Waals surface area contributed by atoms with Crippen molar-refractivity contribution in [2.45, 2.75) is 63.2 Å². The van der Waals surface area contributed by atoms with E-state index >= 15 is 0 Å². The number of fused-ring (bicyclic) bond motifs is 2. The van der Waals surface area contributed by atoms with Crippen LogP contribution < -0.4 is 5.32 Å². The number of rotatable bonds is 5. The number of hydrogen-bond donors (Lipinski definition) is 1. The van der Waals surface area contributed by atoms with Crippen LogP contribution in [0, 0.1) is 0 Å². The molecule has 0 amide bonds. The number of nitrogens with one attached hydrogen (secondary N) is 1. The van der Waals surface area contributed by atoms with Crippen LogP contribution in [0.4, 0.5) is 0 Å². The average molecular weight is 238 g/mol. The summed E-state index contributed by atoms with van der Waals surface area (Å²) in [6, 6.07) is 0.830. The number of nitrogens with zero attached hydrogens (tertiary/aromatic N) is 1. The monoisotopic (exact) mass is 238 g/mol. The molecule has 0 radical (unpaired) electrons. The summed E-state index contributed by atoms with van der Waals surface area (Å²) in [5.74, 6) is 0. The van der Waals surface area contributed by atoms with Gasteiger partial charge in [-0.3, -0.25) is 4.90 Å². The lowest BCUT2D eigenvalue weighted by Gasteiger charge is -2.32. The number of hydrogen-bond acceptors (Lipinski definition) is 3. The van der Waals surface area contributed by atoms with E-state index in [0.29, 0.717) is 12.2 Å². The zero-order valence-corrected chi connectivity index (χ0v) is 10.9. The molecule has 0 aromatic carbocycles. The molecule has 2 heterocycles. The van der Waals surface area contributed by atoms with E-state index in [1.165, 1.54) is 71.1 Å². The lowest BCUT2D eigenvalue weighted by Crippen LogP contribution is -2.43. The summed E-state index contributed by atoms with van der Waals surface area (Å²) in [6.07, 6.45) is 10.7. The van der Waals surface area contributed by atoms with Crippen molar-refractivity contribution >= 4 is 0 Å². The van der Waals surface area contributed by atoms with Gasteiger partial charge < -0.3 is 10.1 Å². The molecule has 0 aromatic rings. The molecular weight excluding hydrogens is 212 g/mol. The van der Waals surface area contributed by atoms with E-state index in [2.05, 4.69) is 10.2 Å². The van der Waals surface area contributed by atoms with Crippen LogP contribution in [0.3, 0.4) is 0 Å². The predicted molar refractivity (Wildman–Crippen MR) is 69.2 cm³/mol. The molecule has 3 heteroatoms. The summed E-state index contributed by atoms with van der Waals surface area (Å²) in [5, 5.41) is 3.70. The van der Waals surface area contributed by atoms with Crippen LogP contribution in [0.15, 0.2) is 0 Å². The normalized spacial score (nSPS) is 34.6. The van der Waals surface area contributed by atoms with E-state index in [9.17, 15) is 0 Å². The maximum atomic E-state index is 5.86. The zero-order chi connectivity index (χ0) is 11.5. The Labute approximate surface area is 105 Å². The molecule has 2 unspecified atom stereocenters. The highest BCUT2D eigenvalue weighted by Gasteiger charge is 2.33. The van der Waals surface area contributed by atoms with Gasteiger partial charge in [-0.15, -0.1) is 0 Å². The minimum atomic E-state index is 0.552. The third-order valence-electron chi connectivity index (χ3n) is 4.56.